The van der Waals surface area contributed by atoms with Gasteiger partial charge in [0.1, 0.15) is 0 Å². The molecule has 0 saturated heterocycles. The van der Waals surface area contributed by atoms with Gasteiger partial charge >= 0.3 is 17.1 Å². The van der Waals surface area contributed by atoms with Gasteiger partial charge in [-0.25, -0.2) is 9.97 Å². The molecule has 2 aromatic rings. The predicted molar refractivity (Wildman–Crippen MR) is 37.2 cm³/mol. The van der Waals surface area contributed by atoms with Crippen LogP contribution >= 0.6 is 0 Å². The summed E-state index contributed by atoms with van der Waals surface area (Å²) in [5, 5.41) is 0. The zero-order valence-electron chi connectivity index (χ0n) is 5.66. The molecular formula is C6H8CuN4+2. The number of nitrogens with one attached hydrogen (secondary N) is 2. The summed E-state index contributed by atoms with van der Waals surface area (Å²) >= 11 is 0. The summed E-state index contributed by atoms with van der Waals surface area (Å²) < 4.78 is 0. The second kappa shape index (κ2) is 7.05. The van der Waals surface area contributed by atoms with E-state index >= 15 is 0 Å². The Morgan fingerprint density at radius 3 is 1.36 bits per heavy atom. The fourth-order valence-corrected chi connectivity index (χ4v) is 0.430. The molecule has 0 bridgehead atoms. The average Bonchev–Trinajstić information content (AvgIpc) is 2.67. The molecule has 2 heterocycles. The zero-order chi connectivity index (χ0) is 7.07. The Morgan fingerprint density at radius 2 is 1.27 bits per heavy atom. The van der Waals surface area contributed by atoms with Crippen LogP contribution in [0.4, 0.5) is 0 Å². The predicted octanol–water partition coefficient (Wildman–Crippen LogP) is 0.817. The summed E-state index contributed by atoms with van der Waals surface area (Å²) in [7, 11) is 0. The SMILES string of the molecule is [Cu+2].c1c[nH]cn1.c1c[nH]cn1. The number of H-pyrrole nitrogens is 2. The van der Waals surface area contributed by atoms with Crippen molar-refractivity contribution in [3.8, 4) is 0 Å². The minimum Gasteiger partial charge on any atom is -0.351 e. The molecule has 0 atom stereocenters. The van der Waals surface area contributed by atoms with Gasteiger partial charge in [0.15, 0.2) is 0 Å². The summed E-state index contributed by atoms with van der Waals surface area (Å²) in [6, 6.07) is 0. The summed E-state index contributed by atoms with van der Waals surface area (Å²) in [5.41, 5.74) is 0. The molecule has 0 amide bonds. The minimum atomic E-state index is 0. The fraction of sp³-hybridized carbons (Fsp3) is 0. The van der Waals surface area contributed by atoms with Gasteiger partial charge in [0, 0.05) is 24.8 Å². The second-order valence-electron chi connectivity index (χ2n) is 1.52. The molecule has 0 aliphatic heterocycles. The summed E-state index contributed by atoms with van der Waals surface area (Å²) in [6.45, 7) is 0. The molecular weight excluding hydrogens is 192 g/mol. The van der Waals surface area contributed by atoms with E-state index in [1.165, 1.54) is 0 Å². The number of hydrogen-bond acceptors (Lipinski definition) is 2. The van der Waals surface area contributed by atoms with Crippen LogP contribution < -0.4 is 0 Å². The molecule has 2 rings (SSSR count). The molecule has 0 aromatic carbocycles. The largest absolute Gasteiger partial charge is 2.00 e. The van der Waals surface area contributed by atoms with Crippen molar-refractivity contribution in [3.63, 3.8) is 0 Å². The van der Waals surface area contributed by atoms with E-state index in [0.717, 1.165) is 0 Å². The molecule has 61 valence electrons. The van der Waals surface area contributed by atoms with Crippen LogP contribution in [-0.2, 0) is 17.1 Å². The molecule has 2 N–H and O–H groups in total. The molecule has 0 aliphatic rings. The summed E-state index contributed by atoms with van der Waals surface area (Å²) in [5.74, 6) is 0. The van der Waals surface area contributed by atoms with Crippen molar-refractivity contribution in [2.75, 3.05) is 0 Å². The maximum atomic E-state index is 3.67. The van der Waals surface area contributed by atoms with Crippen LogP contribution in [0.5, 0.6) is 0 Å². The van der Waals surface area contributed by atoms with E-state index in [-0.39, 0.29) is 17.1 Å². The van der Waals surface area contributed by atoms with Crippen LogP contribution in [0.2, 0.25) is 0 Å². The van der Waals surface area contributed by atoms with Gasteiger partial charge in [0.05, 0.1) is 12.7 Å². The maximum absolute atomic E-state index is 3.67. The normalized spacial score (nSPS) is 7.27. The first kappa shape index (κ1) is 9.94. The van der Waals surface area contributed by atoms with E-state index in [2.05, 4.69) is 19.9 Å². The number of aromatic amines is 2. The molecule has 5 heteroatoms. The van der Waals surface area contributed by atoms with Gasteiger partial charge in [-0.3, -0.25) is 0 Å². The number of hydrogen-bond donors (Lipinski definition) is 2. The minimum absolute atomic E-state index is 0. The van der Waals surface area contributed by atoms with Crippen molar-refractivity contribution < 1.29 is 17.1 Å². The van der Waals surface area contributed by atoms with Crippen molar-refractivity contribution in [3.05, 3.63) is 37.4 Å². The van der Waals surface area contributed by atoms with Crippen molar-refractivity contribution >= 4 is 0 Å². The number of imidazole rings is 2. The average molecular weight is 200 g/mol. The molecule has 0 spiro atoms. The van der Waals surface area contributed by atoms with E-state index in [1.807, 2.05) is 0 Å². The third-order valence-electron chi connectivity index (χ3n) is 0.812. The van der Waals surface area contributed by atoms with E-state index in [0.29, 0.717) is 0 Å². The Labute approximate surface area is 74.9 Å². The topological polar surface area (TPSA) is 57.4 Å². The van der Waals surface area contributed by atoms with Gasteiger partial charge in [-0.15, -0.1) is 0 Å². The standard InChI is InChI=1S/2C3H4N2.Cu/c2*1-2-5-3-4-1;/h2*1-3H,(H,4,5);/q;;+2. The first-order chi connectivity index (χ1) is 5.00. The first-order valence-corrected chi connectivity index (χ1v) is 2.85. The number of rotatable bonds is 0. The summed E-state index contributed by atoms with van der Waals surface area (Å²) in [6.07, 6.45) is 10.2. The van der Waals surface area contributed by atoms with Crippen molar-refractivity contribution in [2.24, 2.45) is 0 Å². The van der Waals surface area contributed by atoms with E-state index in [1.54, 1.807) is 37.4 Å². The van der Waals surface area contributed by atoms with Crippen LogP contribution in [0.25, 0.3) is 0 Å². The molecule has 2 aromatic heterocycles. The Kier molecular flexibility index (Phi) is 6.37. The van der Waals surface area contributed by atoms with E-state index in [9.17, 15) is 0 Å². The third-order valence-corrected chi connectivity index (χ3v) is 0.812. The Morgan fingerprint density at radius 1 is 0.818 bits per heavy atom. The van der Waals surface area contributed by atoms with Crippen molar-refractivity contribution in [2.45, 2.75) is 0 Å². The smallest absolute Gasteiger partial charge is 0.351 e. The molecule has 0 aliphatic carbocycles. The Balaban J connectivity index is 0.000000167. The van der Waals surface area contributed by atoms with Crippen LogP contribution in [-0.4, -0.2) is 19.9 Å². The van der Waals surface area contributed by atoms with Crippen LogP contribution in [0, 0.1) is 0 Å². The zero-order valence-corrected chi connectivity index (χ0v) is 6.60. The van der Waals surface area contributed by atoms with Crippen molar-refractivity contribution in [1.29, 1.82) is 0 Å². The maximum Gasteiger partial charge on any atom is 2.00 e. The molecule has 11 heavy (non-hydrogen) atoms. The summed E-state index contributed by atoms with van der Waals surface area (Å²) in [4.78, 5) is 12.8. The third kappa shape index (κ3) is 5.39. The number of aromatic nitrogens is 4. The second-order valence-corrected chi connectivity index (χ2v) is 1.52. The Hall–Kier alpha value is -1.06. The molecule has 0 unspecified atom stereocenters. The van der Waals surface area contributed by atoms with Gasteiger partial charge < -0.3 is 9.97 Å². The van der Waals surface area contributed by atoms with Gasteiger partial charge in [0.25, 0.3) is 0 Å². The molecule has 4 nitrogen and oxygen atoms in total. The first-order valence-electron chi connectivity index (χ1n) is 2.85. The fourth-order valence-electron chi connectivity index (χ4n) is 0.430. The van der Waals surface area contributed by atoms with Crippen LogP contribution in [0.15, 0.2) is 37.4 Å². The van der Waals surface area contributed by atoms with Crippen LogP contribution in [0.3, 0.4) is 0 Å². The van der Waals surface area contributed by atoms with Gasteiger partial charge in [-0.2, -0.15) is 0 Å². The van der Waals surface area contributed by atoms with Gasteiger partial charge in [0.2, 0.25) is 0 Å². The van der Waals surface area contributed by atoms with Gasteiger partial charge in [-0.1, -0.05) is 0 Å². The monoisotopic (exact) mass is 199 g/mol. The number of nitrogens with zero attached hydrogens (tertiary/aromatic N) is 2. The molecule has 0 saturated carbocycles. The van der Waals surface area contributed by atoms with Crippen molar-refractivity contribution in [1.82, 2.24) is 19.9 Å². The van der Waals surface area contributed by atoms with Gasteiger partial charge in [-0.05, 0) is 0 Å². The van der Waals surface area contributed by atoms with Crippen LogP contribution in [0.1, 0.15) is 0 Å². The van der Waals surface area contributed by atoms with E-state index < -0.39 is 0 Å². The quantitative estimate of drug-likeness (QED) is 0.618. The Bertz CT molecular complexity index is 154. The molecule has 0 fully saturated rings. The van der Waals surface area contributed by atoms with E-state index in [4.69, 9.17) is 0 Å². The molecule has 1 radical (unpaired) electrons.